The molecule has 0 aromatic heterocycles. The summed E-state index contributed by atoms with van der Waals surface area (Å²) in [5, 5.41) is 0. The van der Waals surface area contributed by atoms with Crippen LogP contribution in [0.3, 0.4) is 0 Å². The van der Waals surface area contributed by atoms with Gasteiger partial charge in [0.1, 0.15) is 6.61 Å². The van der Waals surface area contributed by atoms with Crippen molar-refractivity contribution in [3.63, 3.8) is 0 Å². The third kappa shape index (κ3) is 20.4. The molecule has 56 heavy (non-hydrogen) atoms. The van der Waals surface area contributed by atoms with E-state index >= 15 is 0 Å². The summed E-state index contributed by atoms with van der Waals surface area (Å²) in [6, 6.07) is 0. The maximum Gasteiger partial charge on any atom is 0.306 e. The lowest BCUT2D eigenvalue weighted by atomic mass is 9.47. The monoisotopic (exact) mass is 790 g/mol. The van der Waals surface area contributed by atoms with E-state index in [1.807, 2.05) is 0 Å². The van der Waals surface area contributed by atoms with Gasteiger partial charge in [0, 0.05) is 6.54 Å². The molecule has 7 heteroatoms. The predicted octanol–water partition coefficient (Wildman–Crippen LogP) is 13.1. The fraction of sp³-hybridized carbons (Fsp3) is 0.939. The van der Waals surface area contributed by atoms with E-state index in [0.29, 0.717) is 56.8 Å². The molecule has 2 aliphatic carbocycles. The van der Waals surface area contributed by atoms with E-state index in [4.69, 9.17) is 14.2 Å². The van der Waals surface area contributed by atoms with Crippen LogP contribution >= 0.6 is 0 Å². The number of likely N-dealkylation sites (N-methyl/N-ethyl adjacent to an activating group) is 1. The highest BCUT2D eigenvalue weighted by Crippen LogP contribution is 2.63. The first-order valence-electron chi connectivity index (χ1n) is 24.1. The zero-order valence-electron chi connectivity index (χ0n) is 38.3. The minimum atomic E-state index is -0.311. The summed E-state index contributed by atoms with van der Waals surface area (Å²) in [6.45, 7) is 21.8. The molecule has 0 aromatic rings. The van der Waals surface area contributed by atoms with Crippen LogP contribution in [-0.2, 0) is 28.6 Å². The van der Waals surface area contributed by atoms with Crippen LogP contribution in [0.5, 0.6) is 0 Å². The van der Waals surface area contributed by atoms with Gasteiger partial charge in [-0.15, -0.1) is 0 Å². The number of nitrogens with zero attached hydrogens (tertiary/aromatic N) is 1. The van der Waals surface area contributed by atoms with E-state index in [0.717, 1.165) is 64.6 Å². The minimum Gasteiger partial charge on any atom is -0.466 e. The molecule has 0 amide bonds. The third-order valence-electron chi connectivity index (χ3n) is 13.6. The molecular formula is C49H91NO6. The topological polar surface area (TPSA) is 82.1 Å². The molecule has 328 valence electrons. The minimum absolute atomic E-state index is 0.0946. The van der Waals surface area contributed by atoms with Gasteiger partial charge in [0.05, 0.1) is 32.5 Å². The number of hydrogen-bond donors (Lipinski definition) is 0. The Morgan fingerprint density at radius 2 is 0.893 bits per heavy atom. The van der Waals surface area contributed by atoms with Gasteiger partial charge in [0.25, 0.3) is 0 Å². The van der Waals surface area contributed by atoms with E-state index < -0.39 is 0 Å². The van der Waals surface area contributed by atoms with Crippen LogP contribution in [0, 0.1) is 34.0 Å². The summed E-state index contributed by atoms with van der Waals surface area (Å²) < 4.78 is 17.9. The van der Waals surface area contributed by atoms with Gasteiger partial charge < -0.3 is 19.1 Å². The van der Waals surface area contributed by atoms with Gasteiger partial charge in [-0.3, -0.25) is 14.4 Å². The Hall–Kier alpha value is -1.63. The average molecular weight is 790 g/mol. The van der Waals surface area contributed by atoms with Crippen LogP contribution in [0.25, 0.3) is 0 Å². The van der Waals surface area contributed by atoms with Crippen molar-refractivity contribution in [2.75, 3.05) is 39.5 Å². The van der Waals surface area contributed by atoms with Gasteiger partial charge in [-0.2, -0.15) is 0 Å². The first kappa shape index (κ1) is 50.5. The van der Waals surface area contributed by atoms with Crippen LogP contribution in [0.2, 0.25) is 0 Å². The Morgan fingerprint density at radius 3 is 1.27 bits per heavy atom. The Bertz CT molecular complexity index is 1050. The molecule has 0 radical (unpaired) electrons. The standard InChI is InChI=1S/C49H91NO6/c1-9-15-19-23-41(24-20-16-10-2)27-30-54-44(51)36-47(7)33-43-34-48(8,37-45(52)56-32-29-50(13-5)14-6)40-49(35-43,39-47)38-46(53)55-31-28-42(25-21-17-11-3)26-22-18-12-4/h41-43H,9-40H2,1-8H3. The summed E-state index contributed by atoms with van der Waals surface area (Å²) >= 11 is 0. The van der Waals surface area contributed by atoms with Gasteiger partial charge in [-0.05, 0) is 92.0 Å². The highest BCUT2D eigenvalue weighted by molar-refractivity contribution is 5.72. The molecule has 2 rings (SSSR count). The molecule has 0 aliphatic heterocycles. The van der Waals surface area contributed by atoms with E-state index in [1.54, 1.807) is 0 Å². The summed E-state index contributed by atoms with van der Waals surface area (Å²) in [7, 11) is 0. The molecule has 0 spiro atoms. The fourth-order valence-electron chi connectivity index (χ4n) is 11.1. The van der Waals surface area contributed by atoms with Crippen molar-refractivity contribution < 1.29 is 28.6 Å². The molecule has 0 heterocycles. The molecule has 0 N–H and O–H groups in total. The van der Waals surface area contributed by atoms with Gasteiger partial charge in [0.2, 0.25) is 0 Å². The zero-order valence-corrected chi connectivity index (χ0v) is 38.3. The molecular weight excluding hydrogens is 699 g/mol. The van der Waals surface area contributed by atoms with Crippen LogP contribution in [0.1, 0.15) is 222 Å². The number of carbonyl (C=O) groups excluding carboxylic acids is 3. The third-order valence-corrected chi connectivity index (χ3v) is 13.6. The second-order valence-electron chi connectivity index (χ2n) is 19.5. The number of unbranched alkanes of at least 4 members (excludes halogenated alkanes) is 8. The lowest BCUT2D eigenvalue weighted by Crippen LogP contribution is -2.49. The van der Waals surface area contributed by atoms with Crippen molar-refractivity contribution in [3.05, 3.63) is 0 Å². The van der Waals surface area contributed by atoms with E-state index in [9.17, 15) is 14.4 Å². The molecule has 0 aromatic carbocycles. The van der Waals surface area contributed by atoms with Gasteiger partial charge >= 0.3 is 17.9 Å². The lowest BCUT2D eigenvalue weighted by Gasteiger charge is -2.57. The largest absolute Gasteiger partial charge is 0.466 e. The molecule has 0 saturated heterocycles. The van der Waals surface area contributed by atoms with Crippen molar-refractivity contribution in [1.82, 2.24) is 4.90 Å². The number of fused-ring (bicyclic) bond motifs is 2. The van der Waals surface area contributed by atoms with Crippen LogP contribution in [-0.4, -0.2) is 62.3 Å². The fourth-order valence-corrected chi connectivity index (χ4v) is 11.1. The van der Waals surface area contributed by atoms with Crippen LogP contribution < -0.4 is 0 Å². The quantitative estimate of drug-likeness (QED) is 0.0372. The number of hydrogen-bond acceptors (Lipinski definition) is 7. The summed E-state index contributed by atoms with van der Waals surface area (Å²) in [6.07, 6.45) is 27.2. The first-order chi connectivity index (χ1) is 26.9. The Labute approximate surface area is 346 Å². The van der Waals surface area contributed by atoms with Crippen LogP contribution in [0.4, 0.5) is 0 Å². The predicted molar refractivity (Wildman–Crippen MR) is 233 cm³/mol. The molecule has 4 atom stereocenters. The SMILES string of the molecule is CCCCCC(CCCCC)CCOC(=O)CC1(C)CC2CC(C)(CC(=O)OCCN(CC)CC)CC(CC(=O)OCCC(CCCCC)CCCCC)(C2)C1. The number of esters is 3. The zero-order chi connectivity index (χ0) is 41.3. The maximum atomic E-state index is 13.8. The average Bonchev–Trinajstić information content (AvgIpc) is 3.12. The number of rotatable bonds is 33. The molecule has 7 nitrogen and oxygen atoms in total. The van der Waals surface area contributed by atoms with Gasteiger partial charge in [-0.25, -0.2) is 0 Å². The molecule has 2 bridgehead atoms. The van der Waals surface area contributed by atoms with Gasteiger partial charge in [0.15, 0.2) is 0 Å². The van der Waals surface area contributed by atoms with E-state index in [-0.39, 0.29) is 34.2 Å². The summed E-state index contributed by atoms with van der Waals surface area (Å²) in [4.78, 5) is 42.9. The highest BCUT2D eigenvalue weighted by atomic mass is 16.5. The normalized spacial score (nSPS) is 23.5. The smallest absolute Gasteiger partial charge is 0.306 e. The van der Waals surface area contributed by atoms with Crippen LogP contribution in [0.15, 0.2) is 0 Å². The van der Waals surface area contributed by atoms with Crippen molar-refractivity contribution in [2.24, 2.45) is 34.0 Å². The second-order valence-corrected chi connectivity index (χ2v) is 19.5. The lowest BCUT2D eigenvalue weighted by molar-refractivity contribution is -0.158. The Kier molecular flexibility index (Phi) is 25.2. The molecule has 4 unspecified atom stereocenters. The first-order valence-corrected chi connectivity index (χ1v) is 24.1. The Balaban J connectivity index is 2.13. The second kappa shape index (κ2) is 27.9. The summed E-state index contributed by atoms with van der Waals surface area (Å²) in [5.41, 5.74) is -0.822. The van der Waals surface area contributed by atoms with E-state index in [2.05, 4.69) is 60.3 Å². The number of carbonyl (C=O) groups is 3. The molecule has 2 aliphatic rings. The summed E-state index contributed by atoms with van der Waals surface area (Å²) in [5.74, 6) is 1.23. The maximum absolute atomic E-state index is 13.8. The molecule has 2 fully saturated rings. The van der Waals surface area contributed by atoms with Crippen molar-refractivity contribution in [2.45, 2.75) is 222 Å². The number of ether oxygens (including phenoxy) is 3. The highest BCUT2D eigenvalue weighted by Gasteiger charge is 2.55. The van der Waals surface area contributed by atoms with E-state index in [1.165, 1.54) is 103 Å². The van der Waals surface area contributed by atoms with Gasteiger partial charge in [-0.1, -0.05) is 158 Å². The molecule has 2 saturated carbocycles. The van der Waals surface area contributed by atoms with Crippen molar-refractivity contribution in [3.8, 4) is 0 Å². The van der Waals surface area contributed by atoms with Crippen molar-refractivity contribution in [1.29, 1.82) is 0 Å². The Morgan fingerprint density at radius 1 is 0.518 bits per heavy atom. The van der Waals surface area contributed by atoms with Crippen molar-refractivity contribution >= 4 is 17.9 Å².